The Kier molecular flexibility index (Phi) is 7.07. The summed E-state index contributed by atoms with van der Waals surface area (Å²) in [6.45, 7) is 7.32. The molecule has 0 bridgehead atoms. The molecule has 0 aromatic carbocycles. The van der Waals surface area contributed by atoms with Crippen LogP contribution in [-0.2, 0) is 0 Å². The van der Waals surface area contributed by atoms with Crippen LogP contribution in [0.3, 0.4) is 0 Å². The molecule has 0 saturated carbocycles. The van der Waals surface area contributed by atoms with Crippen molar-refractivity contribution in [2.75, 3.05) is 25.6 Å². The first kappa shape index (κ1) is 15.8. The van der Waals surface area contributed by atoms with E-state index in [1.54, 1.807) is 0 Å². The summed E-state index contributed by atoms with van der Waals surface area (Å²) in [6.07, 6.45) is 4.28. The number of nitrogens with two attached hydrogens (primary N) is 1. The Morgan fingerprint density at radius 2 is 2.06 bits per heavy atom. The molecule has 0 spiro atoms. The van der Waals surface area contributed by atoms with Gasteiger partial charge in [0.1, 0.15) is 0 Å². The molecule has 1 atom stereocenters. The van der Waals surface area contributed by atoms with Crippen molar-refractivity contribution in [3.8, 4) is 0 Å². The fourth-order valence-corrected chi connectivity index (χ4v) is 2.40. The lowest BCUT2D eigenvalue weighted by atomic mass is 9.88. The second-order valence-corrected chi connectivity index (χ2v) is 5.96. The van der Waals surface area contributed by atoms with Crippen LogP contribution in [0, 0.1) is 10.8 Å². The van der Waals surface area contributed by atoms with Crippen LogP contribution in [0.5, 0.6) is 0 Å². The first-order chi connectivity index (χ1) is 7.35. The van der Waals surface area contributed by atoms with Crippen molar-refractivity contribution < 1.29 is 0 Å². The fraction of sp³-hybridized carbons (Fsp3) is 0.917. The summed E-state index contributed by atoms with van der Waals surface area (Å²) >= 11 is 1.89. The lowest BCUT2D eigenvalue weighted by Gasteiger charge is -2.30. The van der Waals surface area contributed by atoms with Crippen molar-refractivity contribution in [2.24, 2.45) is 11.1 Å². The lowest BCUT2D eigenvalue weighted by molar-refractivity contribution is 0.230. The Hall–Kier alpha value is -0.220. The molecule has 0 rings (SSSR count). The normalized spacial score (nSPS) is 14.1. The predicted molar refractivity (Wildman–Crippen MR) is 75.4 cm³/mol. The molecule has 0 saturated heterocycles. The number of rotatable bonds is 8. The Morgan fingerprint density at radius 3 is 2.44 bits per heavy atom. The molecule has 0 aliphatic heterocycles. The number of nitrogens with zero attached hydrogens (tertiary/aromatic N) is 1. The standard InChI is InChI=1S/C12H27N3S/c1-6-10(9-16-5)15(4)8-7-12(2,3)11(13)14/h10H,6-9H2,1-5H3,(H3,13,14). The van der Waals surface area contributed by atoms with E-state index in [1.807, 2.05) is 25.6 Å². The van der Waals surface area contributed by atoms with Crippen LogP contribution in [0.1, 0.15) is 33.6 Å². The molecule has 1 unspecified atom stereocenters. The highest BCUT2D eigenvalue weighted by molar-refractivity contribution is 7.98. The van der Waals surface area contributed by atoms with Gasteiger partial charge in [-0.1, -0.05) is 20.8 Å². The highest BCUT2D eigenvalue weighted by Crippen LogP contribution is 2.21. The Bertz CT molecular complexity index is 216. The number of nitrogens with one attached hydrogen (secondary N) is 1. The van der Waals surface area contributed by atoms with Crippen LogP contribution >= 0.6 is 11.8 Å². The topological polar surface area (TPSA) is 53.1 Å². The van der Waals surface area contributed by atoms with E-state index in [4.69, 9.17) is 11.1 Å². The van der Waals surface area contributed by atoms with Crippen LogP contribution in [0.4, 0.5) is 0 Å². The average molecular weight is 245 g/mol. The van der Waals surface area contributed by atoms with Crippen molar-refractivity contribution in [1.82, 2.24) is 4.90 Å². The summed E-state index contributed by atoms with van der Waals surface area (Å²) in [5.74, 6) is 1.46. The minimum absolute atomic E-state index is 0.175. The Labute approximate surface area is 105 Å². The minimum atomic E-state index is -0.175. The largest absolute Gasteiger partial charge is 0.387 e. The van der Waals surface area contributed by atoms with E-state index in [-0.39, 0.29) is 5.41 Å². The molecule has 0 heterocycles. The molecule has 4 heteroatoms. The summed E-state index contributed by atoms with van der Waals surface area (Å²) in [5, 5.41) is 7.53. The van der Waals surface area contributed by atoms with Crippen LogP contribution in [0.2, 0.25) is 0 Å². The quantitative estimate of drug-likeness (QED) is 0.510. The van der Waals surface area contributed by atoms with Crippen LogP contribution < -0.4 is 5.73 Å². The van der Waals surface area contributed by atoms with E-state index in [2.05, 4.69) is 25.1 Å². The zero-order chi connectivity index (χ0) is 12.8. The van der Waals surface area contributed by atoms with E-state index in [0.717, 1.165) is 13.0 Å². The van der Waals surface area contributed by atoms with Gasteiger partial charge in [0.15, 0.2) is 0 Å². The molecular formula is C12H27N3S. The average Bonchev–Trinajstić information content (AvgIpc) is 2.22. The SMILES string of the molecule is CCC(CSC)N(C)CCC(C)(C)C(=N)N. The summed E-state index contributed by atoms with van der Waals surface area (Å²) < 4.78 is 0. The van der Waals surface area contributed by atoms with Crippen molar-refractivity contribution in [3.63, 3.8) is 0 Å². The third-order valence-corrected chi connectivity index (χ3v) is 3.99. The van der Waals surface area contributed by atoms with Gasteiger partial charge in [-0.15, -0.1) is 0 Å². The lowest BCUT2D eigenvalue weighted by Crippen LogP contribution is -2.39. The van der Waals surface area contributed by atoms with Gasteiger partial charge in [-0.05, 0) is 32.7 Å². The summed E-state index contributed by atoms with van der Waals surface area (Å²) in [5.41, 5.74) is 5.41. The molecule has 0 fully saturated rings. The van der Waals surface area contributed by atoms with Crippen molar-refractivity contribution >= 4 is 17.6 Å². The fourth-order valence-electron chi connectivity index (χ4n) is 1.52. The van der Waals surface area contributed by atoms with Crippen molar-refractivity contribution in [2.45, 2.75) is 39.7 Å². The van der Waals surface area contributed by atoms with Gasteiger partial charge in [0.25, 0.3) is 0 Å². The number of hydrogen-bond acceptors (Lipinski definition) is 3. The Morgan fingerprint density at radius 1 is 1.50 bits per heavy atom. The number of hydrogen-bond donors (Lipinski definition) is 2. The summed E-state index contributed by atoms with van der Waals surface area (Å²) in [7, 11) is 2.17. The molecule has 0 aromatic heterocycles. The molecule has 0 amide bonds. The predicted octanol–water partition coefficient (Wildman–Crippen LogP) is 2.41. The van der Waals surface area contributed by atoms with Gasteiger partial charge in [0.05, 0.1) is 5.84 Å². The number of amidine groups is 1. The monoisotopic (exact) mass is 245 g/mol. The van der Waals surface area contributed by atoms with Crippen LogP contribution in [0.25, 0.3) is 0 Å². The van der Waals surface area contributed by atoms with Gasteiger partial charge in [-0.3, -0.25) is 5.41 Å². The van der Waals surface area contributed by atoms with E-state index in [0.29, 0.717) is 11.9 Å². The molecule has 3 nitrogen and oxygen atoms in total. The van der Waals surface area contributed by atoms with Crippen molar-refractivity contribution in [3.05, 3.63) is 0 Å². The molecule has 0 radical (unpaired) electrons. The smallest absolute Gasteiger partial charge is 0.0963 e. The minimum Gasteiger partial charge on any atom is -0.387 e. The third kappa shape index (κ3) is 5.21. The van der Waals surface area contributed by atoms with Crippen LogP contribution in [-0.4, -0.2) is 42.4 Å². The van der Waals surface area contributed by atoms with Gasteiger partial charge < -0.3 is 10.6 Å². The molecule has 0 aliphatic carbocycles. The molecule has 96 valence electrons. The first-order valence-electron chi connectivity index (χ1n) is 5.88. The second kappa shape index (κ2) is 7.17. The van der Waals surface area contributed by atoms with Crippen molar-refractivity contribution in [1.29, 1.82) is 5.41 Å². The van der Waals surface area contributed by atoms with Crippen LogP contribution in [0.15, 0.2) is 0 Å². The molecule has 0 aromatic rings. The third-order valence-electron chi connectivity index (χ3n) is 3.27. The second-order valence-electron chi connectivity index (χ2n) is 5.05. The highest BCUT2D eigenvalue weighted by Gasteiger charge is 2.23. The Balaban J connectivity index is 4.13. The zero-order valence-electron chi connectivity index (χ0n) is 11.3. The van der Waals surface area contributed by atoms with Gasteiger partial charge in [-0.25, -0.2) is 0 Å². The van der Waals surface area contributed by atoms with Gasteiger partial charge in [-0.2, -0.15) is 11.8 Å². The van der Waals surface area contributed by atoms with E-state index in [1.165, 1.54) is 12.2 Å². The molecule has 0 aliphatic rings. The highest BCUT2D eigenvalue weighted by atomic mass is 32.2. The van der Waals surface area contributed by atoms with Gasteiger partial charge in [0, 0.05) is 17.2 Å². The maximum Gasteiger partial charge on any atom is 0.0963 e. The van der Waals surface area contributed by atoms with Gasteiger partial charge in [0.2, 0.25) is 0 Å². The molecule has 3 N–H and O–H groups in total. The summed E-state index contributed by atoms with van der Waals surface area (Å²) in [4.78, 5) is 2.39. The maximum absolute atomic E-state index is 7.53. The number of thioether (sulfide) groups is 1. The van der Waals surface area contributed by atoms with E-state index >= 15 is 0 Å². The summed E-state index contributed by atoms with van der Waals surface area (Å²) in [6, 6.07) is 0.637. The zero-order valence-corrected chi connectivity index (χ0v) is 12.2. The molecule has 16 heavy (non-hydrogen) atoms. The van der Waals surface area contributed by atoms with E-state index in [9.17, 15) is 0 Å². The van der Waals surface area contributed by atoms with E-state index < -0.39 is 0 Å². The van der Waals surface area contributed by atoms with Gasteiger partial charge >= 0.3 is 0 Å². The molecular weight excluding hydrogens is 218 g/mol. The maximum atomic E-state index is 7.53. The first-order valence-corrected chi connectivity index (χ1v) is 7.28.